The van der Waals surface area contributed by atoms with E-state index in [1.54, 1.807) is 30.3 Å². The second kappa shape index (κ2) is 10.2. The van der Waals surface area contributed by atoms with Gasteiger partial charge in [-0.25, -0.2) is 9.78 Å². The number of nitro groups is 1. The maximum atomic E-state index is 12.6. The number of anilines is 1. The Labute approximate surface area is 198 Å². The molecule has 0 atom stereocenters. The van der Waals surface area contributed by atoms with Crippen LogP contribution in [0.25, 0.3) is 11.1 Å². The number of hydrogen-bond acceptors (Lipinski definition) is 8. The van der Waals surface area contributed by atoms with Crippen LogP contribution in [0.2, 0.25) is 0 Å². The Balaban J connectivity index is 1.37. The number of fused-ring (bicyclic) bond motifs is 1. The molecule has 0 spiro atoms. The van der Waals surface area contributed by atoms with Crippen LogP contribution < -0.4 is 5.32 Å². The number of rotatable bonds is 8. The third-order valence-corrected chi connectivity index (χ3v) is 5.85. The first kappa shape index (κ1) is 23.0. The van der Waals surface area contributed by atoms with Gasteiger partial charge in [0.15, 0.2) is 12.2 Å². The number of carbonyl (C=O) groups is 2. The number of benzene rings is 3. The molecule has 4 aromatic rings. The van der Waals surface area contributed by atoms with E-state index in [1.165, 1.54) is 30.8 Å². The molecule has 0 saturated carbocycles. The van der Waals surface area contributed by atoms with Gasteiger partial charge in [0.05, 0.1) is 21.7 Å². The lowest BCUT2D eigenvalue weighted by Gasteiger charge is -2.10. The Bertz CT molecular complexity index is 1350. The monoisotopic (exact) mass is 477 g/mol. The van der Waals surface area contributed by atoms with Crippen molar-refractivity contribution in [3.63, 3.8) is 0 Å². The van der Waals surface area contributed by atoms with Crippen molar-refractivity contribution in [2.24, 2.45) is 0 Å². The number of carbonyl (C=O) groups excluding carboxylic acids is 2. The Morgan fingerprint density at radius 1 is 1.09 bits per heavy atom. The molecule has 0 aliphatic carbocycles. The second-order valence-corrected chi connectivity index (χ2v) is 8.15. The van der Waals surface area contributed by atoms with Crippen LogP contribution in [0.3, 0.4) is 0 Å². The van der Waals surface area contributed by atoms with Crippen molar-refractivity contribution in [2.45, 2.75) is 17.9 Å². The minimum Gasteiger partial charge on any atom is -0.452 e. The van der Waals surface area contributed by atoms with Crippen molar-refractivity contribution >= 4 is 46.1 Å². The fraction of sp³-hybridized carbons (Fsp3) is 0.125. The third kappa shape index (κ3) is 5.24. The first-order valence-electron chi connectivity index (χ1n) is 10.2. The van der Waals surface area contributed by atoms with Crippen LogP contribution in [0, 0.1) is 17.0 Å². The molecule has 0 radical (unpaired) electrons. The average molecular weight is 477 g/mol. The fourth-order valence-electron chi connectivity index (χ4n) is 3.25. The highest BCUT2D eigenvalue weighted by molar-refractivity contribution is 7.98. The second-order valence-electron chi connectivity index (χ2n) is 7.22. The summed E-state index contributed by atoms with van der Waals surface area (Å²) in [5, 5.41) is 14.1. The molecule has 0 aliphatic rings. The fourth-order valence-corrected chi connectivity index (χ4v) is 4.09. The van der Waals surface area contributed by atoms with Crippen LogP contribution in [-0.4, -0.2) is 28.4 Å². The molecular weight excluding hydrogens is 458 g/mol. The lowest BCUT2D eigenvalue weighted by atomic mass is 10.1. The summed E-state index contributed by atoms with van der Waals surface area (Å²) in [6.45, 7) is 0.998. The van der Waals surface area contributed by atoms with E-state index in [0.717, 1.165) is 5.52 Å². The van der Waals surface area contributed by atoms with Crippen LogP contribution in [0.15, 0.2) is 76.4 Å². The van der Waals surface area contributed by atoms with Crippen molar-refractivity contribution in [3.8, 4) is 0 Å². The van der Waals surface area contributed by atoms with Gasteiger partial charge < -0.3 is 14.5 Å². The van der Waals surface area contributed by atoms with E-state index < -0.39 is 23.4 Å². The molecule has 172 valence electrons. The molecule has 4 rings (SSSR count). The molecule has 0 unspecified atom stereocenters. The van der Waals surface area contributed by atoms with Crippen molar-refractivity contribution in [1.29, 1.82) is 0 Å². The number of esters is 1. The summed E-state index contributed by atoms with van der Waals surface area (Å²) in [6.07, 6.45) is 0. The SMILES string of the molecule is Cc1c(NC(=O)COC(=O)c2ccccc2CSc2nc3ccccc3o2)cccc1[N+](=O)[O-]. The first-order valence-corrected chi connectivity index (χ1v) is 11.2. The van der Waals surface area contributed by atoms with E-state index in [9.17, 15) is 19.7 Å². The maximum Gasteiger partial charge on any atom is 0.338 e. The number of thioether (sulfide) groups is 1. The van der Waals surface area contributed by atoms with E-state index in [2.05, 4.69) is 10.3 Å². The summed E-state index contributed by atoms with van der Waals surface area (Å²) < 4.78 is 10.9. The predicted molar refractivity (Wildman–Crippen MR) is 127 cm³/mol. The molecule has 1 N–H and O–H groups in total. The van der Waals surface area contributed by atoms with E-state index in [0.29, 0.717) is 33.2 Å². The summed E-state index contributed by atoms with van der Waals surface area (Å²) in [6, 6.07) is 18.7. The van der Waals surface area contributed by atoms with Crippen LogP contribution in [0.5, 0.6) is 0 Å². The summed E-state index contributed by atoms with van der Waals surface area (Å²) >= 11 is 1.34. The Kier molecular flexibility index (Phi) is 6.88. The highest BCUT2D eigenvalue weighted by Crippen LogP contribution is 2.28. The number of oxazole rings is 1. The zero-order chi connectivity index (χ0) is 24.1. The maximum absolute atomic E-state index is 12.6. The van der Waals surface area contributed by atoms with Gasteiger partial charge in [-0.15, -0.1) is 0 Å². The number of hydrogen-bond donors (Lipinski definition) is 1. The van der Waals surface area contributed by atoms with Gasteiger partial charge in [-0.05, 0) is 36.8 Å². The van der Waals surface area contributed by atoms with Crippen molar-refractivity contribution in [2.75, 3.05) is 11.9 Å². The van der Waals surface area contributed by atoms with Crippen molar-refractivity contribution < 1.29 is 23.7 Å². The highest BCUT2D eigenvalue weighted by atomic mass is 32.2. The summed E-state index contributed by atoms with van der Waals surface area (Å²) in [4.78, 5) is 39.9. The Morgan fingerprint density at radius 3 is 2.65 bits per heavy atom. The largest absolute Gasteiger partial charge is 0.452 e. The normalized spacial score (nSPS) is 10.7. The van der Waals surface area contributed by atoms with Crippen molar-refractivity contribution in [1.82, 2.24) is 4.98 Å². The molecule has 0 fully saturated rings. The minimum absolute atomic E-state index is 0.111. The lowest BCUT2D eigenvalue weighted by molar-refractivity contribution is -0.385. The highest BCUT2D eigenvalue weighted by Gasteiger charge is 2.18. The van der Waals surface area contributed by atoms with Crippen LogP contribution >= 0.6 is 11.8 Å². The van der Waals surface area contributed by atoms with E-state index in [-0.39, 0.29) is 11.4 Å². The number of nitrogens with zero attached hydrogens (tertiary/aromatic N) is 2. The molecular formula is C24H19N3O6S. The van der Waals surface area contributed by atoms with Gasteiger partial charge in [0.2, 0.25) is 0 Å². The van der Waals surface area contributed by atoms with Gasteiger partial charge in [0.25, 0.3) is 16.8 Å². The summed E-state index contributed by atoms with van der Waals surface area (Å²) in [5.41, 5.74) is 2.95. The molecule has 34 heavy (non-hydrogen) atoms. The molecule has 9 nitrogen and oxygen atoms in total. The van der Waals surface area contributed by atoms with E-state index >= 15 is 0 Å². The van der Waals surface area contributed by atoms with Crippen LogP contribution in [-0.2, 0) is 15.3 Å². The molecule has 0 saturated heterocycles. The van der Waals surface area contributed by atoms with Gasteiger partial charge in [-0.3, -0.25) is 14.9 Å². The van der Waals surface area contributed by atoms with Crippen LogP contribution in [0.1, 0.15) is 21.5 Å². The number of aromatic nitrogens is 1. The molecule has 3 aromatic carbocycles. The van der Waals surface area contributed by atoms with Gasteiger partial charge in [0.1, 0.15) is 5.52 Å². The van der Waals surface area contributed by atoms with E-state index in [4.69, 9.17) is 9.15 Å². The Hall–Kier alpha value is -4.18. The summed E-state index contributed by atoms with van der Waals surface area (Å²) in [7, 11) is 0. The zero-order valence-electron chi connectivity index (χ0n) is 18.0. The van der Waals surface area contributed by atoms with Gasteiger partial charge in [-0.2, -0.15) is 0 Å². The topological polar surface area (TPSA) is 125 Å². The molecule has 0 aliphatic heterocycles. The average Bonchev–Trinajstić information content (AvgIpc) is 3.25. The quantitative estimate of drug-likeness (QED) is 0.160. The lowest BCUT2D eigenvalue weighted by Crippen LogP contribution is -2.22. The van der Waals surface area contributed by atoms with E-state index in [1.807, 2.05) is 24.3 Å². The smallest absolute Gasteiger partial charge is 0.338 e. The number of para-hydroxylation sites is 2. The van der Waals surface area contributed by atoms with Gasteiger partial charge in [0, 0.05) is 11.8 Å². The number of amides is 1. The molecule has 1 aromatic heterocycles. The first-order chi connectivity index (χ1) is 16.4. The minimum atomic E-state index is -0.653. The van der Waals surface area contributed by atoms with Crippen molar-refractivity contribution in [3.05, 3.63) is 93.5 Å². The van der Waals surface area contributed by atoms with Gasteiger partial charge in [-0.1, -0.05) is 48.2 Å². The molecule has 0 bridgehead atoms. The summed E-state index contributed by atoms with van der Waals surface area (Å²) in [5.74, 6) is -0.841. The molecule has 1 heterocycles. The zero-order valence-corrected chi connectivity index (χ0v) is 18.8. The number of nitro benzene ring substituents is 1. The Morgan fingerprint density at radius 2 is 1.85 bits per heavy atom. The van der Waals surface area contributed by atoms with Gasteiger partial charge >= 0.3 is 5.97 Å². The molecule has 10 heteroatoms. The standard InChI is InChI=1S/C24H19N3O6S/c1-15-18(10-6-11-20(15)27(30)31)25-22(28)13-32-23(29)17-8-3-2-7-16(17)14-34-24-26-19-9-4-5-12-21(19)33-24/h2-12H,13-14H2,1H3,(H,25,28). The third-order valence-electron chi connectivity index (χ3n) is 4.97. The molecule has 1 amide bonds. The van der Waals surface area contributed by atoms with Crippen LogP contribution in [0.4, 0.5) is 11.4 Å². The number of nitrogens with one attached hydrogen (secondary N) is 1. The predicted octanol–water partition coefficient (Wildman–Crippen LogP) is 5.13. The number of ether oxygens (including phenoxy) is 1.